The molecule has 0 N–H and O–H groups in total. The lowest BCUT2D eigenvalue weighted by Crippen LogP contribution is -2.23. The molecule has 2 bridgehead atoms. The molecule has 4 heteroatoms. The van der Waals surface area contributed by atoms with Crippen LogP contribution in [0.3, 0.4) is 0 Å². The molecule has 0 radical (unpaired) electrons. The Morgan fingerprint density at radius 3 is 2.37 bits per heavy atom. The second-order valence-corrected chi connectivity index (χ2v) is 13.9. The molecule has 1 aliphatic heterocycles. The topological polar surface area (TPSA) is 55.8 Å². The lowest BCUT2D eigenvalue weighted by Gasteiger charge is -2.31. The summed E-state index contributed by atoms with van der Waals surface area (Å²) in [4.78, 5) is 2.35. The van der Waals surface area contributed by atoms with Gasteiger partial charge < -0.3 is 9.47 Å². The number of nitrogens with zero attached hydrogens (tertiary/aromatic N) is 4. The van der Waals surface area contributed by atoms with Crippen LogP contribution in [0.4, 0.5) is 5.69 Å². The Bertz CT molecular complexity index is 2540. The molecule has 4 aromatic carbocycles. The molecule has 0 spiro atoms. The van der Waals surface area contributed by atoms with E-state index in [4.69, 9.17) is 0 Å². The van der Waals surface area contributed by atoms with E-state index in [1.165, 1.54) is 38.9 Å². The number of rotatable bonds is 4. The molecule has 1 aromatic heterocycles. The zero-order valence-electron chi connectivity index (χ0n) is 28.6. The van der Waals surface area contributed by atoms with E-state index in [0.29, 0.717) is 24.1 Å². The van der Waals surface area contributed by atoms with Crippen molar-refractivity contribution in [3.8, 4) is 12.1 Å². The highest BCUT2D eigenvalue weighted by atomic mass is 15.1. The maximum Gasteiger partial charge on any atom is 0.102 e. The normalized spacial score (nSPS) is 18.5. The van der Waals surface area contributed by atoms with Crippen molar-refractivity contribution >= 4 is 44.3 Å². The minimum Gasteiger partial charge on any atom is -0.336 e. The molecule has 3 aliphatic carbocycles. The number of anilines is 1. The van der Waals surface area contributed by atoms with Crippen molar-refractivity contribution in [3.05, 3.63) is 178 Å². The summed E-state index contributed by atoms with van der Waals surface area (Å²) < 4.78 is 2.42. The molecule has 4 nitrogen and oxygen atoms in total. The predicted molar refractivity (Wildman–Crippen MR) is 209 cm³/mol. The van der Waals surface area contributed by atoms with Crippen molar-refractivity contribution in [2.45, 2.75) is 39.2 Å². The largest absolute Gasteiger partial charge is 0.336 e. The summed E-state index contributed by atoms with van der Waals surface area (Å²) in [7, 11) is 0. The van der Waals surface area contributed by atoms with Gasteiger partial charge >= 0.3 is 0 Å². The molecule has 5 aromatic rings. The predicted octanol–water partition coefficient (Wildman–Crippen LogP) is 11.4. The van der Waals surface area contributed by atoms with E-state index in [2.05, 4.69) is 156 Å². The summed E-state index contributed by atoms with van der Waals surface area (Å²) in [5.41, 5.74) is 15.0. The van der Waals surface area contributed by atoms with E-state index < -0.39 is 0 Å². The van der Waals surface area contributed by atoms with E-state index in [-0.39, 0.29) is 5.92 Å². The summed E-state index contributed by atoms with van der Waals surface area (Å²) in [6, 6.07) is 37.5. The smallest absolute Gasteiger partial charge is 0.102 e. The quantitative estimate of drug-likeness (QED) is 0.193. The summed E-state index contributed by atoms with van der Waals surface area (Å²) in [5.74, 6) is -0.0709. The van der Waals surface area contributed by atoms with Crippen molar-refractivity contribution in [1.82, 2.24) is 4.57 Å². The van der Waals surface area contributed by atoms with Gasteiger partial charge in [-0.2, -0.15) is 10.5 Å². The van der Waals surface area contributed by atoms with Crippen LogP contribution in [0.5, 0.6) is 0 Å². The van der Waals surface area contributed by atoms with E-state index in [1.807, 2.05) is 6.08 Å². The van der Waals surface area contributed by atoms with Crippen molar-refractivity contribution < 1.29 is 0 Å². The van der Waals surface area contributed by atoms with Gasteiger partial charge in [0.25, 0.3) is 0 Å². The van der Waals surface area contributed by atoms with E-state index in [1.54, 1.807) is 0 Å². The van der Waals surface area contributed by atoms with Gasteiger partial charge in [-0.1, -0.05) is 96.6 Å². The van der Waals surface area contributed by atoms with E-state index in [0.717, 1.165) is 58.3 Å². The fourth-order valence-corrected chi connectivity index (χ4v) is 8.62. The molecular weight excluding hydrogens is 621 g/mol. The molecule has 0 fully saturated rings. The van der Waals surface area contributed by atoms with Gasteiger partial charge in [0.05, 0.1) is 33.9 Å². The number of hydrogen-bond acceptors (Lipinski definition) is 3. The maximum atomic E-state index is 11.0. The Hall–Kier alpha value is -6.36. The number of hydrogen-bond donors (Lipinski definition) is 0. The number of aromatic nitrogens is 1. The van der Waals surface area contributed by atoms with Crippen LogP contribution >= 0.6 is 0 Å². The molecule has 0 saturated carbocycles. The Balaban J connectivity index is 1.25. The number of para-hydroxylation sites is 2. The minimum atomic E-state index is -0.0709. The van der Waals surface area contributed by atoms with Gasteiger partial charge in [-0.15, -0.1) is 0 Å². The lowest BCUT2D eigenvalue weighted by atomic mass is 9.78. The minimum absolute atomic E-state index is 0.0709. The Morgan fingerprint density at radius 2 is 1.59 bits per heavy atom. The second-order valence-electron chi connectivity index (χ2n) is 13.9. The standard InChI is InChI=1S/C47H36N4/c1-31-24-33(28-48)27-41(47(25-31)51-45-21-8-5-17-39(45)40-18-6-9-22-46(40)51)37-16-3-2-15-36(37)38-19-11-23-44(42(38)29-49)50-30-32-12-10-13-34(26-32)35-14-4-7-20-43(35)50/h2-3,5-13,15,17-24,26-27,37H,4,14,16,25,30H2,1H3. The van der Waals surface area contributed by atoms with Gasteiger partial charge in [-0.3, -0.25) is 0 Å². The summed E-state index contributed by atoms with van der Waals surface area (Å²) in [6.45, 7) is 2.82. The van der Waals surface area contributed by atoms with Crippen molar-refractivity contribution in [2.24, 2.45) is 5.92 Å². The van der Waals surface area contributed by atoms with Gasteiger partial charge in [0.1, 0.15) is 6.07 Å². The number of nitriles is 2. The van der Waals surface area contributed by atoms with Gasteiger partial charge in [-0.05, 0) is 102 Å². The zero-order valence-corrected chi connectivity index (χ0v) is 28.6. The van der Waals surface area contributed by atoms with Crippen LogP contribution in [0, 0.1) is 28.6 Å². The SMILES string of the molecule is CC1=CC(C#N)=CC(C2CC=CC=C2c2cccc(N3Cc4cccc(c4)C4=C3C=CCC4)c2C#N)=C(n2c3ccccc3c3ccccc32)C1. The van der Waals surface area contributed by atoms with Crippen LogP contribution in [0.15, 0.2) is 156 Å². The van der Waals surface area contributed by atoms with E-state index >= 15 is 0 Å². The number of benzene rings is 4. The molecule has 9 rings (SSSR count). The molecular formula is C47H36N4. The summed E-state index contributed by atoms with van der Waals surface area (Å²) >= 11 is 0. The first-order chi connectivity index (χ1) is 25.1. The lowest BCUT2D eigenvalue weighted by molar-refractivity contribution is 0.799. The van der Waals surface area contributed by atoms with Crippen molar-refractivity contribution in [2.75, 3.05) is 4.90 Å². The zero-order chi connectivity index (χ0) is 34.5. The highest BCUT2D eigenvalue weighted by Crippen LogP contribution is 2.46. The van der Waals surface area contributed by atoms with Gasteiger partial charge in [0.15, 0.2) is 0 Å². The fraction of sp³-hybridized carbons (Fsp3) is 0.149. The Kier molecular flexibility index (Phi) is 7.53. The molecule has 2 heterocycles. The Labute approximate surface area is 298 Å². The maximum absolute atomic E-state index is 11.0. The van der Waals surface area contributed by atoms with Gasteiger partial charge in [0.2, 0.25) is 0 Å². The molecule has 0 amide bonds. The van der Waals surface area contributed by atoms with E-state index in [9.17, 15) is 10.5 Å². The van der Waals surface area contributed by atoms with Crippen LogP contribution in [0.2, 0.25) is 0 Å². The summed E-state index contributed by atoms with van der Waals surface area (Å²) in [6.07, 6.45) is 18.6. The third-order valence-corrected chi connectivity index (χ3v) is 10.8. The third-order valence-electron chi connectivity index (χ3n) is 10.8. The molecule has 51 heavy (non-hydrogen) atoms. The summed E-state index contributed by atoms with van der Waals surface area (Å²) in [5, 5.41) is 23.8. The van der Waals surface area contributed by atoms with Crippen LogP contribution in [0.25, 0.3) is 38.6 Å². The first kappa shape index (κ1) is 30.7. The Morgan fingerprint density at radius 1 is 0.804 bits per heavy atom. The second kappa shape index (κ2) is 12.5. The highest BCUT2D eigenvalue weighted by molar-refractivity contribution is 6.10. The highest BCUT2D eigenvalue weighted by Gasteiger charge is 2.30. The van der Waals surface area contributed by atoms with Crippen molar-refractivity contribution in [3.63, 3.8) is 0 Å². The first-order valence-electron chi connectivity index (χ1n) is 17.8. The average Bonchev–Trinajstić information content (AvgIpc) is 3.35. The van der Waals surface area contributed by atoms with Crippen LogP contribution in [-0.2, 0) is 6.54 Å². The molecule has 244 valence electrons. The molecule has 1 atom stereocenters. The van der Waals surface area contributed by atoms with Crippen molar-refractivity contribution in [1.29, 1.82) is 10.5 Å². The molecule has 1 unspecified atom stereocenters. The third kappa shape index (κ3) is 5.11. The fourth-order valence-electron chi connectivity index (χ4n) is 8.62. The average molecular weight is 657 g/mol. The monoisotopic (exact) mass is 656 g/mol. The van der Waals surface area contributed by atoms with Crippen LogP contribution in [0.1, 0.15) is 54.9 Å². The van der Waals surface area contributed by atoms with Gasteiger partial charge in [0, 0.05) is 41.1 Å². The number of allylic oxidation sites excluding steroid dienone is 13. The molecule has 0 saturated heterocycles. The molecule has 4 aliphatic rings. The van der Waals surface area contributed by atoms with Gasteiger partial charge in [-0.25, -0.2) is 0 Å². The van der Waals surface area contributed by atoms with Crippen LogP contribution < -0.4 is 4.90 Å². The number of fused-ring (bicyclic) bond motifs is 6. The van der Waals surface area contributed by atoms with Crippen LogP contribution in [-0.4, -0.2) is 4.57 Å². The first-order valence-corrected chi connectivity index (χ1v) is 17.8.